The van der Waals surface area contributed by atoms with Gasteiger partial charge in [-0.05, 0) is 25.3 Å². The van der Waals surface area contributed by atoms with Crippen molar-refractivity contribution < 1.29 is 9.53 Å². The molecule has 0 spiro atoms. The summed E-state index contributed by atoms with van der Waals surface area (Å²) in [7, 11) is 0. The molecule has 1 unspecified atom stereocenters. The number of ether oxygens (including phenoxy) is 1. The van der Waals surface area contributed by atoms with Crippen molar-refractivity contribution in [3.8, 4) is 0 Å². The standard InChI is InChI=1S/C18H24N4O2/c1-14-18(15-8-4-2-5-9-15)24-13-16-12-22(21-20-16)11-7-3-6-10-17(23)19-14/h2,4-5,8-9,12,14,18H,3,6-7,10-11,13H2,1H3,(H,19,23)/t14-,18?/m0/s1. The third kappa shape index (κ3) is 4.41. The first kappa shape index (κ1) is 16.6. The Labute approximate surface area is 142 Å². The minimum absolute atomic E-state index is 0.0842. The molecule has 2 heterocycles. The van der Waals surface area contributed by atoms with Gasteiger partial charge in [0.25, 0.3) is 0 Å². The van der Waals surface area contributed by atoms with Crippen LogP contribution in [0.4, 0.5) is 0 Å². The molecule has 6 heteroatoms. The summed E-state index contributed by atoms with van der Waals surface area (Å²) in [5.74, 6) is 0.0842. The van der Waals surface area contributed by atoms with E-state index in [-0.39, 0.29) is 18.1 Å². The minimum Gasteiger partial charge on any atom is -0.365 e. The van der Waals surface area contributed by atoms with Crippen LogP contribution in [0.15, 0.2) is 36.5 Å². The molecule has 2 aromatic rings. The largest absolute Gasteiger partial charge is 0.365 e. The fourth-order valence-electron chi connectivity index (χ4n) is 3.00. The Kier molecular flexibility index (Phi) is 5.59. The van der Waals surface area contributed by atoms with Gasteiger partial charge in [-0.25, -0.2) is 0 Å². The van der Waals surface area contributed by atoms with Gasteiger partial charge in [-0.2, -0.15) is 0 Å². The maximum Gasteiger partial charge on any atom is 0.220 e. The van der Waals surface area contributed by atoms with Crippen LogP contribution in [-0.4, -0.2) is 26.9 Å². The lowest BCUT2D eigenvalue weighted by Crippen LogP contribution is -2.38. The van der Waals surface area contributed by atoms with Gasteiger partial charge in [-0.3, -0.25) is 9.48 Å². The number of hydrogen-bond acceptors (Lipinski definition) is 4. The maximum absolute atomic E-state index is 12.2. The summed E-state index contributed by atoms with van der Waals surface area (Å²) in [4.78, 5) is 12.2. The average Bonchev–Trinajstić information content (AvgIpc) is 3.03. The minimum atomic E-state index is -0.219. The molecule has 2 bridgehead atoms. The number of carbonyl (C=O) groups excluding carboxylic acids is 1. The van der Waals surface area contributed by atoms with Crippen LogP contribution in [0.5, 0.6) is 0 Å². The maximum atomic E-state index is 12.2. The molecular formula is C18H24N4O2. The molecule has 1 aromatic carbocycles. The van der Waals surface area contributed by atoms with Crippen LogP contribution < -0.4 is 5.32 Å². The van der Waals surface area contributed by atoms with Crippen molar-refractivity contribution in [2.24, 2.45) is 0 Å². The van der Waals surface area contributed by atoms with E-state index in [0.717, 1.165) is 37.1 Å². The van der Waals surface area contributed by atoms with Gasteiger partial charge < -0.3 is 10.1 Å². The zero-order chi connectivity index (χ0) is 16.8. The molecule has 1 amide bonds. The second-order valence-electron chi connectivity index (χ2n) is 6.28. The van der Waals surface area contributed by atoms with Crippen LogP contribution in [-0.2, 0) is 22.7 Å². The third-order valence-corrected chi connectivity index (χ3v) is 4.26. The number of nitrogens with zero attached hydrogens (tertiary/aromatic N) is 3. The van der Waals surface area contributed by atoms with Gasteiger partial charge in [0.1, 0.15) is 11.8 Å². The van der Waals surface area contributed by atoms with Gasteiger partial charge in [0.2, 0.25) is 5.91 Å². The van der Waals surface area contributed by atoms with Crippen molar-refractivity contribution in [2.75, 3.05) is 0 Å². The quantitative estimate of drug-likeness (QED) is 0.874. The molecule has 6 nitrogen and oxygen atoms in total. The van der Waals surface area contributed by atoms with Gasteiger partial charge >= 0.3 is 0 Å². The summed E-state index contributed by atoms with van der Waals surface area (Å²) >= 11 is 0. The van der Waals surface area contributed by atoms with E-state index in [1.807, 2.05) is 48.1 Å². The first-order valence-corrected chi connectivity index (χ1v) is 8.57. The van der Waals surface area contributed by atoms with E-state index in [4.69, 9.17) is 4.74 Å². The van der Waals surface area contributed by atoms with Crippen LogP contribution in [0.2, 0.25) is 0 Å². The van der Waals surface area contributed by atoms with Crippen molar-refractivity contribution in [1.29, 1.82) is 0 Å². The summed E-state index contributed by atoms with van der Waals surface area (Å²) in [5.41, 5.74) is 1.86. The van der Waals surface area contributed by atoms with E-state index in [2.05, 4.69) is 15.6 Å². The molecule has 2 atom stereocenters. The highest BCUT2D eigenvalue weighted by molar-refractivity contribution is 5.76. The van der Waals surface area contributed by atoms with Crippen molar-refractivity contribution in [2.45, 2.75) is 57.9 Å². The predicted molar refractivity (Wildman–Crippen MR) is 90.1 cm³/mol. The fourth-order valence-corrected chi connectivity index (χ4v) is 3.00. The molecule has 0 radical (unpaired) electrons. The molecule has 128 valence electrons. The first-order valence-electron chi connectivity index (χ1n) is 8.57. The Morgan fingerprint density at radius 2 is 2.04 bits per heavy atom. The smallest absolute Gasteiger partial charge is 0.220 e. The number of hydrogen-bond donors (Lipinski definition) is 1. The number of benzene rings is 1. The summed E-state index contributed by atoms with van der Waals surface area (Å²) in [6.07, 6.45) is 5.17. The lowest BCUT2D eigenvalue weighted by molar-refractivity contribution is -0.123. The number of aromatic nitrogens is 3. The van der Waals surface area contributed by atoms with E-state index < -0.39 is 0 Å². The Balaban J connectivity index is 1.79. The summed E-state index contributed by atoms with van der Waals surface area (Å²) < 4.78 is 7.95. The van der Waals surface area contributed by atoms with E-state index in [1.165, 1.54) is 0 Å². The molecule has 0 aliphatic carbocycles. The second-order valence-corrected chi connectivity index (χ2v) is 6.28. The Bertz CT molecular complexity index is 656. The highest BCUT2D eigenvalue weighted by Gasteiger charge is 2.22. The summed E-state index contributed by atoms with van der Waals surface area (Å²) in [5, 5.41) is 11.4. The molecule has 0 saturated carbocycles. The average molecular weight is 328 g/mol. The van der Waals surface area contributed by atoms with Gasteiger partial charge in [-0.1, -0.05) is 42.0 Å². The van der Waals surface area contributed by atoms with Gasteiger partial charge in [0.05, 0.1) is 18.8 Å². The van der Waals surface area contributed by atoms with E-state index in [1.54, 1.807) is 0 Å². The summed E-state index contributed by atoms with van der Waals surface area (Å²) in [6.45, 7) is 3.19. The van der Waals surface area contributed by atoms with E-state index in [0.29, 0.717) is 13.0 Å². The van der Waals surface area contributed by atoms with E-state index in [9.17, 15) is 4.79 Å². The molecule has 1 aliphatic rings. The van der Waals surface area contributed by atoms with Gasteiger partial charge in [-0.15, -0.1) is 5.10 Å². The van der Waals surface area contributed by atoms with E-state index >= 15 is 0 Å². The Hall–Kier alpha value is -2.21. The molecular weight excluding hydrogens is 304 g/mol. The molecule has 0 fully saturated rings. The van der Waals surface area contributed by atoms with Crippen molar-refractivity contribution >= 4 is 5.91 Å². The zero-order valence-electron chi connectivity index (χ0n) is 14.0. The first-order chi connectivity index (χ1) is 11.7. The number of aryl methyl sites for hydroxylation is 1. The number of carbonyl (C=O) groups is 1. The van der Waals surface area contributed by atoms with Gasteiger partial charge in [0.15, 0.2) is 0 Å². The van der Waals surface area contributed by atoms with Crippen LogP contribution in [0, 0.1) is 0 Å². The number of nitrogens with one attached hydrogen (secondary N) is 1. The van der Waals surface area contributed by atoms with Crippen molar-refractivity contribution in [3.63, 3.8) is 0 Å². The SMILES string of the molecule is C[C@@H]1NC(=O)CCCCCn2cc(nn2)COC1c1ccccc1. The molecule has 24 heavy (non-hydrogen) atoms. The van der Waals surface area contributed by atoms with Crippen molar-refractivity contribution in [3.05, 3.63) is 47.8 Å². The molecule has 1 N–H and O–H groups in total. The van der Waals surface area contributed by atoms with Crippen LogP contribution in [0.25, 0.3) is 0 Å². The normalized spacial score (nSPS) is 23.3. The topological polar surface area (TPSA) is 69.0 Å². The number of fused-ring (bicyclic) bond motifs is 2. The molecule has 1 aromatic heterocycles. The molecule has 1 aliphatic heterocycles. The number of amides is 1. The lowest BCUT2D eigenvalue weighted by atomic mass is 10.0. The van der Waals surface area contributed by atoms with Crippen LogP contribution >= 0.6 is 0 Å². The monoisotopic (exact) mass is 328 g/mol. The molecule has 3 rings (SSSR count). The number of rotatable bonds is 1. The fraction of sp³-hybridized carbons (Fsp3) is 0.500. The van der Waals surface area contributed by atoms with Gasteiger partial charge in [0, 0.05) is 13.0 Å². The Morgan fingerprint density at radius 3 is 2.88 bits per heavy atom. The van der Waals surface area contributed by atoms with Crippen molar-refractivity contribution in [1.82, 2.24) is 20.3 Å². The van der Waals surface area contributed by atoms with Crippen LogP contribution in [0.1, 0.15) is 50.0 Å². The summed E-state index contributed by atoms with van der Waals surface area (Å²) in [6, 6.07) is 9.86. The lowest BCUT2D eigenvalue weighted by Gasteiger charge is -2.25. The molecule has 0 saturated heterocycles. The highest BCUT2D eigenvalue weighted by Crippen LogP contribution is 2.23. The second kappa shape index (κ2) is 8.06. The third-order valence-electron chi connectivity index (χ3n) is 4.26. The predicted octanol–water partition coefficient (Wildman–Crippen LogP) is 2.61. The van der Waals surface area contributed by atoms with Crippen LogP contribution in [0.3, 0.4) is 0 Å². The Morgan fingerprint density at radius 1 is 1.21 bits per heavy atom. The highest BCUT2D eigenvalue weighted by atomic mass is 16.5. The zero-order valence-corrected chi connectivity index (χ0v) is 14.0.